The lowest BCUT2D eigenvalue weighted by Crippen LogP contribution is -2.29. The first-order valence-electron chi connectivity index (χ1n) is 9.23. The summed E-state index contributed by atoms with van der Waals surface area (Å²) < 4.78 is 8.76. The van der Waals surface area contributed by atoms with Gasteiger partial charge in [-0.15, -0.1) is 5.10 Å². The fourth-order valence-electron chi connectivity index (χ4n) is 3.23. The van der Waals surface area contributed by atoms with Crippen LogP contribution in [0.4, 0.5) is 0 Å². The van der Waals surface area contributed by atoms with Gasteiger partial charge in [0, 0.05) is 11.0 Å². The van der Waals surface area contributed by atoms with Crippen molar-refractivity contribution in [2.24, 2.45) is 0 Å². The molecule has 0 radical (unpaired) electrons. The number of aromatic nitrogens is 3. The molecule has 7 heteroatoms. The lowest BCUT2D eigenvalue weighted by molar-refractivity contribution is -0.00177. The minimum atomic E-state index is -0.209. The van der Waals surface area contributed by atoms with Crippen molar-refractivity contribution < 1.29 is 9.53 Å². The molecule has 2 aromatic carbocycles. The van der Waals surface area contributed by atoms with Gasteiger partial charge in [0.1, 0.15) is 6.10 Å². The van der Waals surface area contributed by atoms with Gasteiger partial charge < -0.3 is 10.1 Å². The van der Waals surface area contributed by atoms with Crippen LogP contribution in [-0.4, -0.2) is 27.4 Å². The number of hydrogen-bond acceptors (Lipinski definition) is 4. The van der Waals surface area contributed by atoms with Crippen molar-refractivity contribution in [3.8, 4) is 0 Å². The molecule has 0 saturated carbocycles. The maximum atomic E-state index is 12.5. The molecule has 1 unspecified atom stereocenters. The Morgan fingerprint density at radius 3 is 2.71 bits per heavy atom. The minimum Gasteiger partial charge on any atom is -0.365 e. The van der Waals surface area contributed by atoms with Gasteiger partial charge in [-0.05, 0) is 36.6 Å². The summed E-state index contributed by atoms with van der Waals surface area (Å²) in [5, 5.41) is 11.2. The van der Waals surface area contributed by atoms with Crippen molar-refractivity contribution in [2.45, 2.75) is 32.6 Å². The Kier molecular flexibility index (Phi) is 5.54. The zero-order valence-electron chi connectivity index (χ0n) is 15.6. The van der Waals surface area contributed by atoms with Crippen molar-refractivity contribution in [3.63, 3.8) is 0 Å². The van der Waals surface area contributed by atoms with Gasteiger partial charge in [0.25, 0.3) is 5.91 Å². The van der Waals surface area contributed by atoms with Crippen LogP contribution in [0.15, 0.2) is 53.0 Å². The van der Waals surface area contributed by atoms with Crippen LogP contribution < -0.4 is 5.32 Å². The lowest BCUT2D eigenvalue weighted by atomic mass is 10.1. The first-order valence-corrected chi connectivity index (χ1v) is 10.0. The quantitative estimate of drug-likeness (QED) is 0.657. The molecule has 2 heterocycles. The Balaban J connectivity index is 1.37. The lowest BCUT2D eigenvalue weighted by Gasteiger charge is -2.24. The molecular formula is C21H21BrN4O2. The summed E-state index contributed by atoms with van der Waals surface area (Å²) in [6.45, 7) is 3.47. The van der Waals surface area contributed by atoms with Gasteiger partial charge in [0.15, 0.2) is 5.69 Å². The molecule has 0 aliphatic carbocycles. The van der Waals surface area contributed by atoms with Gasteiger partial charge in [0.2, 0.25) is 0 Å². The van der Waals surface area contributed by atoms with Crippen LogP contribution in [0, 0.1) is 6.92 Å². The summed E-state index contributed by atoms with van der Waals surface area (Å²) in [5.74, 6) is -0.209. The van der Waals surface area contributed by atoms with Gasteiger partial charge in [0.05, 0.1) is 18.8 Å². The van der Waals surface area contributed by atoms with Crippen molar-refractivity contribution in [1.29, 1.82) is 0 Å². The van der Waals surface area contributed by atoms with E-state index < -0.39 is 0 Å². The van der Waals surface area contributed by atoms with Crippen LogP contribution in [0.2, 0.25) is 0 Å². The van der Waals surface area contributed by atoms with Gasteiger partial charge in [-0.2, -0.15) is 0 Å². The fourth-order valence-corrected chi connectivity index (χ4v) is 3.49. The maximum absolute atomic E-state index is 12.5. The Hall–Kier alpha value is -2.51. The van der Waals surface area contributed by atoms with E-state index in [4.69, 9.17) is 4.74 Å². The summed E-state index contributed by atoms with van der Waals surface area (Å²) >= 11 is 3.44. The minimum absolute atomic E-state index is 0.0975. The van der Waals surface area contributed by atoms with Gasteiger partial charge >= 0.3 is 0 Å². The highest BCUT2D eigenvalue weighted by atomic mass is 79.9. The van der Waals surface area contributed by atoms with Crippen molar-refractivity contribution in [1.82, 2.24) is 20.3 Å². The molecule has 144 valence electrons. The zero-order chi connectivity index (χ0) is 19.5. The predicted molar refractivity (Wildman–Crippen MR) is 109 cm³/mol. The second-order valence-electron chi connectivity index (χ2n) is 6.91. The van der Waals surface area contributed by atoms with Gasteiger partial charge in [-0.1, -0.05) is 63.1 Å². The molecule has 0 bridgehead atoms. The monoisotopic (exact) mass is 440 g/mol. The van der Waals surface area contributed by atoms with Crippen LogP contribution in [0.25, 0.3) is 0 Å². The molecule has 1 N–H and O–H groups in total. The first kappa shape index (κ1) is 18.8. The van der Waals surface area contributed by atoms with E-state index in [1.165, 1.54) is 11.1 Å². The normalized spacial score (nSPS) is 15.9. The number of hydrogen-bond donors (Lipinski definition) is 1. The average Bonchev–Trinajstić information content (AvgIpc) is 3.13. The van der Waals surface area contributed by atoms with Crippen LogP contribution >= 0.6 is 15.9 Å². The SMILES string of the molecule is Cc1ccc(CCNC(=O)c2nnn3c2COC(c2ccc(Br)cc2)C3)cc1. The van der Waals surface area contributed by atoms with E-state index in [1.54, 1.807) is 4.68 Å². The number of aryl methyl sites for hydroxylation is 1. The van der Waals surface area contributed by atoms with Crippen LogP contribution in [0.5, 0.6) is 0 Å². The van der Waals surface area contributed by atoms with Crippen LogP contribution in [-0.2, 0) is 24.3 Å². The summed E-state index contributed by atoms with van der Waals surface area (Å²) in [7, 11) is 0. The number of rotatable bonds is 5. The molecule has 1 atom stereocenters. The number of benzene rings is 2. The highest BCUT2D eigenvalue weighted by Gasteiger charge is 2.27. The highest BCUT2D eigenvalue weighted by molar-refractivity contribution is 9.10. The number of fused-ring (bicyclic) bond motifs is 1. The Labute approximate surface area is 172 Å². The molecule has 28 heavy (non-hydrogen) atoms. The third-order valence-electron chi connectivity index (χ3n) is 4.87. The van der Waals surface area contributed by atoms with Gasteiger partial charge in [-0.25, -0.2) is 4.68 Å². The molecule has 3 aromatic rings. The van der Waals surface area contributed by atoms with Crippen molar-refractivity contribution >= 4 is 21.8 Å². The largest absolute Gasteiger partial charge is 0.365 e. The number of amides is 1. The van der Waals surface area contributed by atoms with E-state index in [9.17, 15) is 4.79 Å². The third kappa shape index (κ3) is 4.15. The molecular weight excluding hydrogens is 420 g/mol. The Bertz CT molecular complexity index is 967. The molecule has 6 nitrogen and oxygen atoms in total. The topological polar surface area (TPSA) is 69.0 Å². The molecule has 0 spiro atoms. The van der Waals surface area contributed by atoms with Crippen LogP contribution in [0.1, 0.15) is 39.0 Å². The number of carbonyl (C=O) groups is 1. The highest BCUT2D eigenvalue weighted by Crippen LogP contribution is 2.27. The molecule has 0 fully saturated rings. The molecule has 1 aromatic heterocycles. The Morgan fingerprint density at radius 1 is 1.21 bits per heavy atom. The van der Waals surface area contributed by atoms with Crippen molar-refractivity contribution in [2.75, 3.05) is 6.54 Å². The van der Waals surface area contributed by atoms with E-state index in [2.05, 4.69) is 62.7 Å². The summed E-state index contributed by atoms with van der Waals surface area (Å²) in [6.07, 6.45) is 0.678. The smallest absolute Gasteiger partial charge is 0.273 e. The van der Waals surface area contributed by atoms with E-state index in [1.807, 2.05) is 24.3 Å². The molecule has 1 amide bonds. The van der Waals surface area contributed by atoms with Gasteiger partial charge in [-0.3, -0.25) is 4.79 Å². The first-order chi connectivity index (χ1) is 13.6. The second-order valence-corrected chi connectivity index (χ2v) is 7.83. The maximum Gasteiger partial charge on any atom is 0.273 e. The predicted octanol–water partition coefficient (Wildman–Crippen LogP) is 3.59. The fraction of sp³-hybridized carbons (Fsp3) is 0.286. The third-order valence-corrected chi connectivity index (χ3v) is 5.40. The number of carbonyl (C=O) groups excluding carboxylic acids is 1. The van der Waals surface area contributed by atoms with E-state index in [0.29, 0.717) is 25.4 Å². The van der Waals surface area contributed by atoms with E-state index >= 15 is 0 Å². The zero-order valence-corrected chi connectivity index (χ0v) is 17.1. The van der Waals surface area contributed by atoms with Crippen LogP contribution in [0.3, 0.4) is 0 Å². The van der Waals surface area contributed by atoms with E-state index in [-0.39, 0.29) is 12.0 Å². The molecule has 4 rings (SSSR count). The average molecular weight is 441 g/mol. The molecule has 1 aliphatic heterocycles. The number of ether oxygens (including phenoxy) is 1. The summed E-state index contributed by atoms with van der Waals surface area (Å²) in [5.41, 5.74) is 4.56. The number of nitrogens with one attached hydrogen (secondary N) is 1. The standard InChI is InChI=1S/C21H21BrN4O2/c1-14-2-4-15(5-3-14)10-11-23-21(27)20-18-13-28-19(12-26(18)25-24-20)16-6-8-17(22)9-7-16/h2-9,19H,10-13H2,1H3,(H,23,27). The second kappa shape index (κ2) is 8.24. The number of nitrogens with zero attached hydrogens (tertiary/aromatic N) is 3. The Morgan fingerprint density at radius 2 is 1.96 bits per heavy atom. The molecule has 1 aliphatic rings. The number of halogens is 1. The summed E-state index contributed by atoms with van der Waals surface area (Å²) in [4.78, 5) is 12.5. The van der Waals surface area contributed by atoms with E-state index in [0.717, 1.165) is 22.2 Å². The summed E-state index contributed by atoms with van der Waals surface area (Å²) in [6, 6.07) is 16.3. The molecule has 0 saturated heterocycles. The van der Waals surface area contributed by atoms with Crippen molar-refractivity contribution in [3.05, 3.63) is 81.1 Å².